The van der Waals surface area contributed by atoms with Crippen molar-refractivity contribution in [2.45, 2.75) is 25.8 Å². The second-order valence-electron chi connectivity index (χ2n) is 7.85. The van der Waals surface area contributed by atoms with E-state index in [4.69, 9.17) is 4.74 Å². The summed E-state index contributed by atoms with van der Waals surface area (Å²) in [5.41, 5.74) is 3.00. The number of benzene rings is 2. The largest absolute Gasteiger partial charge is 0.495 e. The predicted octanol–water partition coefficient (Wildman–Crippen LogP) is 2.88. The minimum absolute atomic E-state index is 0.0311. The molecule has 158 valence electrons. The Bertz CT molecular complexity index is 921. The number of carbonyl (C=O) groups excluding carboxylic acids is 2. The molecule has 2 aromatic carbocycles. The van der Waals surface area contributed by atoms with Gasteiger partial charge in [-0.2, -0.15) is 0 Å². The SMILES string of the molecule is CCCN1C(=O)Cc2ccccc2[C@@H]1C(=O)N1CCN(c2ccccc2OC)CC1. The van der Waals surface area contributed by atoms with Gasteiger partial charge in [-0.25, -0.2) is 0 Å². The Morgan fingerprint density at radius 2 is 1.73 bits per heavy atom. The van der Waals surface area contributed by atoms with E-state index in [1.165, 1.54) is 0 Å². The van der Waals surface area contributed by atoms with Crippen LogP contribution in [0.3, 0.4) is 0 Å². The molecule has 0 unspecified atom stereocenters. The van der Waals surface area contributed by atoms with Crippen molar-refractivity contribution in [3.05, 3.63) is 59.7 Å². The van der Waals surface area contributed by atoms with Crippen LogP contribution in [0.2, 0.25) is 0 Å². The number of amides is 2. The molecule has 2 aliphatic rings. The molecule has 1 fully saturated rings. The molecule has 2 aliphatic heterocycles. The fraction of sp³-hybridized carbons (Fsp3) is 0.417. The highest BCUT2D eigenvalue weighted by atomic mass is 16.5. The van der Waals surface area contributed by atoms with Crippen LogP contribution in [0, 0.1) is 0 Å². The molecule has 0 aromatic heterocycles. The van der Waals surface area contributed by atoms with Crippen molar-refractivity contribution in [2.24, 2.45) is 0 Å². The number of hydrogen-bond acceptors (Lipinski definition) is 4. The zero-order valence-electron chi connectivity index (χ0n) is 17.7. The lowest BCUT2D eigenvalue weighted by molar-refractivity contribution is -0.147. The van der Waals surface area contributed by atoms with Crippen LogP contribution >= 0.6 is 0 Å². The summed E-state index contributed by atoms with van der Waals surface area (Å²) in [7, 11) is 1.68. The molecule has 6 nitrogen and oxygen atoms in total. The fourth-order valence-corrected chi connectivity index (χ4v) is 4.53. The highest BCUT2D eigenvalue weighted by Gasteiger charge is 2.39. The van der Waals surface area contributed by atoms with E-state index >= 15 is 0 Å². The minimum Gasteiger partial charge on any atom is -0.495 e. The average molecular weight is 408 g/mol. The van der Waals surface area contributed by atoms with E-state index in [0.717, 1.165) is 42.1 Å². The van der Waals surface area contributed by atoms with Crippen LogP contribution in [0.25, 0.3) is 0 Å². The summed E-state index contributed by atoms with van der Waals surface area (Å²) in [6, 6.07) is 15.3. The average Bonchev–Trinajstić information content (AvgIpc) is 2.79. The number of rotatable bonds is 5. The fourth-order valence-electron chi connectivity index (χ4n) is 4.53. The molecule has 0 aliphatic carbocycles. The molecule has 4 rings (SSSR count). The van der Waals surface area contributed by atoms with Crippen molar-refractivity contribution in [3.63, 3.8) is 0 Å². The van der Waals surface area contributed by atoms with Gasteiger partial charge in [-0.05, 0) is 29.7 Å². The maximum atomic E-state index is 13.6. The summed E-state index contributed by atoms with van der Waals surface area (Å²) in [6.45, 7) is 5.38. The van der Waals surface area contributed by atoms with Crippen LogP contribution in [0.15, 0.2) is 48.5 Å². The standard InChI is InChI=1S/C24H29N3O3/c1-3-12-27-22(28)17-18-8-4-5-9-19(18)23(27)24(29)26-15-13-25(14-16-26)20-10-6-7-11-21(20)30-2/h4-11,23H,3,12-17H2,1-2H3/t23-/m1/s1. The molecule has 6 heteroatoms. The number of ether oxygens (including phenoxy) is 1. The topological polar surface area (TPSA) is 53.1 Å². The van der Waals surface area contributed by atoms with Crippen molar-refractivity contribution in [3.8, 4) is 5.75 Å². The van der Waals surface area contributed by atoms with Crippen molar-refractivity contribution in [1.82, 2.24) is 9.80 Å². The zero-order valence-corrected chi connectivity index (χ0v) is 17.7. The van der Waals surface area contributed by atoms with Crippen molar-refractivity contribution in [1.29, 1.82) is 0 Å². The van der Waals surface area contributed by atoms with E-state index in [9.17, 15) is 9.59 Å². The van der Waals surface area contributed by atoms with Gasteiger partial charge >= 0.3 is 0 Å². The number of hydrogen-bond donors (Lipinski definition) is 0. The molecule has 2 aromatic rings. The Balaban J connectivity index is 1.53. The molecule has 0 radical (unpaired) electrons. The van der Waals surface area contributed by atoms with E-state index in [2.05, 4.69) is 11.0 Å². The van der Waals surface area contributed by atoms with Gasteiger partial charge in [0.1, 0.15) is 11.8 Å². The van der Waals surface area contributed by atoms with Crippen LogP contribution in [0.1, 0.15) is 30.5 Å². The third-order valence-corrected chi connectivity index (χ3v) is 6.04. The summed E-state index contributed by atoms with van der Waals surface area (Å²) in [5.74, 6) is 0.920. The number of carbonyl (C=O) groups is 2. The maximum Gasteiger partial charge on any atom is 0.250 e. The second-order valence-corrected chi connectivity index (χ2v) is 7.85. The van der Waals surface area contributed by atoms with Gasteiger partial charge in [0.15, 0.2) is 0 Å². The minimum atomic E-state index is -0.514. The molecule has 0 bridgehead atoms. The number of fused-ring (bicyclic) bond motifs is 1. The smallest absolute Gasteiger partial charge is 0.250 e. The number of methoxy groups -OCH3 is 1. The molecular formula is C24H29N3O3. The molecule has 0 saturated carbocycles. The van der Waals surface area contributed by atoms with Gasteiger partial charge in [-0.1, -0.05) is 43.3 Å². The molecule has 1 saturated heterocycles. The van der Waals surface area contributed by atoms with Gasteiger partial charge in [0.25, 0.3) is 0 Å². The molecule has 1 atom stereocenters. The van der Waals surface area contributed by atoms with Gasteiger partial charge in [0.05, 0.1) is 19.2 Å². The molecule has 0 N–H and O–H groups in total. The first-order valence-electron chi connectivity index (χ1n) is 10.7. The van der Waals surface area contributed by atoms with Gasteiger partial charge in [-0.15, -0.1) is 0 Å². The van der Waals surface area contributed by atoms with Gasteiger partial charge in [-0.3, -0.25) is 9.59 Å². The maximum absolute atomic E-state index is 13.6. The zero-order chi connectivity index (χ0) is 21.1. The quantitative estimate of drug-likeness (QED) is 0.765. The Labute approximate surface area is 178 Å². The van der Waals surface area contributed by atoms with E-state index in [0.29, 0.717) is 26.1 Å². The number of piperazine rings is 1. The lowest BCUT2D eigenvalue weighted by Crippen LogP contribution is -2.54. The molecule has 2 heterocycles. The monoisotopic (exact) mass is 407 g/mol. The number of para-hydroxylation sites is 2. The Hall–Kier alpha value is -3.02. The first kappa shape index (κ1) is 20.3. The molecule has 30 heavy (non-hydrogen) atoms. The Kier molecular flexibility index (Phi) is 5.93. The molecule has 2 amide bonds. The summed E-state index contributed by atoms with van der Waals surface area (Å²) in [4.78, 5) is 32.3. The summed E-state index contributed by atoms with van der Waals surface area (Å²) >= 11 is 0. The Morgan fingerprint density at radius 3 is 2.47 bits per heavy atom. The second kappa shape index (κ2) is 8.78. The number of nitrogens with zero attached hydrogens (tertiary/aromatic N) is 3. The van der Waals surface area contributed by atoms with Gasteiger partial charge in [0.2, 0.25) is 11.8 Å². The van der Waals surface area contributed by atoms with Gasteiger partial charge in [0, 0.05) is 32.7 Å². The predicted molar refractivity (Wildman–Crippen MR) is 117 cm³/mol. The van der Waals surface area contributed by atoms with Crippen LogP contribution < -0.4 is 9.64 Å². The number of anilines is 1. The summed E-state index contributed by atoms with van der Waals surface area (Å²) < 4.78 is 5.49. The van der Waals surface area contributed by atoms with E-state index in [1.54, 1.807) is 12.0 Å². The van der Waals surface area contributed by atoms with E-state index < -0.39 is 6.04 Å². The van der Waals surface area contributed by atoms with Gasteiger partial charge < -0.3 is 19.4 Å². The third-order valence-electron chi connectivity index (χ3n) is 6.04. The van der Waals surface area contributed by atoms with Crippen LogP contribution in [0.4, 0.5) is 5.69 Å². The summed E-state index contributed by atoms with van der Waals surface area (Å²) in [6.07, 6.45) is 1.21. The highest BCUT2D eigenvalue weighted by molar-refractivity contribution is 5.92. The van der Waals surface area contributed by atoms with Crippen LogP contribution in [-0.4, -0.2) is 61.4 Å². The highest BCUT2D eigenvalue weighted by Crippen LogP contribution is 2.33. The lowest BCUT2D eigenvalue weighted by atomic mass is 9.91. The van der Waals surface area contributed by atoms with Crippen LogP contribution in [-0.2, 0) is 16.0 Å². The normalized spacial score (nSPS) is 18.9. The first-order valence-corrected chi connectivity index (χ1v) is 10.7. The van der Waals surface area contributed by atoms with Crippen molar-refractivity contribution >= 4 is 17.5 Å². The third kappa shape index (κ3) is 3.74. The van der Waals surface area contributed by atoms with Crippen molar-refractivity contribution < 1.29 is 14.3 Å². The lowest BCUT2D eigenvalue weighted by Gasteiger charge is -2.42. The van der Waals surface area contributed by atoms with E-state index in [-0.39, 0.29) is 11.8 Å². The molecular weight excluding hydrogens is 378 g/mol. The Morgan fingerprint density at radius 1 is 1.03 bits per heavy atom. The summed E-state index contributed by atoms with van der Waals surface area (Å²) in [5, 5.41) is 0. The van der Waals surface area contributed by atoms with E-state index in [1.807, 2.05) is 54.3 Å². The van der Waals surface area contributed by atoms with Crippen molar-refractivity contribution in [2.75, 3.05) is 44.7 Å². The molecule has 0 spiro atoms. The van der Waals surface area contributed by atoms with Crippen LogP contribution in [0.5, 0.6) is 5.75 Å². The first-order chi connectivity index (χ1) is 14.6.